The van der Waals surface area contributed by atoms with Crippen molar-refractivity contribution in [2.45, 2.75) is 57.3 Å². The summed E-state index contributed by atoms with van der Waals surface area (Å²) < 4.78 is 0. The number of carboxylic acid groups (broad SMARTS) is 1. The summed E-state index contributed by atoms with van der Waals surface area (Å²) in [6, 6.07) is 5.86. The molecule has 0 aliphatic carbocycles. The van der Waals surface area contributed by atoms with E-state index in [1.807, 2.05) is 20.9 Å². The van der Waals surface area contributed by atoms with Gasteiger partial charge in [0.25, 0.3) is 5.78 Å². The maximum Gasteiger partial charge on any atom is 0.374 e. The maximum atomic E-state index is 13.6. The molecule has 39 heavy (non-hydrogen) atoms. The number of nitrogens with zero attached hydrogens (tertiary/aromatic N) is 2. The molecule has 3 rings (SSSR count). The van der Waals surface area contributed by atoms with Gasteiger partial charge in [-0.25, -0.2) is 9.59 Å². The number of nitrogens with one attached hydrogen (secondary N) is 3. The van der Waals surface area contributed by atoms with Crippen molar-refractivity contribution in [2.24, 2.45) is 5.92 Å². The highest BCUT2D eigenvalue weighted by molar-refractivity contribution is 7.99. The maximum absolute atomic E-state index is 13.6. The zero-order valence-corrected chi connectivity index (χ0v) is 24.1. The molecule has 4 N–H and O–H groups in total. The van der Waals surface area contributed by atoms with Gasteiger partial charge >= 0.3 is 12.0 Å². The number of hydrogen-bond donors (Lipinski definition) is 4. The fourth-order valence-corrected chi connectivity index (χ4v) is 5.80. The summed E-state index contributed by atoms with van der Waals surface area (Å²) >= 11 is 1.38. The van der Waals surface area contributed by atoms with Crippen LogP contribution in [0.2, 0.25) is 0 Å². The summed E-state index contributed by atoms with van der Waals surface area (Å²) in [7, 11) is 1.90. The van der Waals surface area contributed by atoms with Crippen LogP contribution in [0.3, 0.4) is 0 Å². The highest BCUT2D eigenvalue weighted by Gasteiger charge is 2.41. The number of Topliss-reactive ketones (excluding diaryl/α,β-unsaturated/α-hetero) is 1. The first-order valence-corrected chi connectivity index (χ1v) is 14.0. The predicted molar refractivity (Wildman–Crippen MR) is 151 cm³/mol. The lowest BCUT2D eigenvalue weighted by atomic mass is 10.0. The van der Waals surface area contributed by atoms with Gasteiger partial charge in [0.2, 0.25) is 11.8 Å². The number of ketones is 1. The van der Waals surface area contributed by atoms with Gasteiger partial charge < -0.3 is 30.9 Å². The van der Waals surface area contributed by atoms with Crippen molar-refractivity contribution in [2.75, 3.05) is 31.8 Å². The van der Waals surface area contributed by atoms with Crippen LogP contribution in [0.1, 0.15) is 32.3 Å². The number of aliphatic carboxylic acids is 1. The van der Waals surface area contributed by atoms with Crippen LogP contribution in [0, 0.1) is 5.92 Å². The van der Waals surface area contributed by atoms with Crippen LogP contribution >= 0.6 is 24.2 Å². The van der Waals surface area contributed by atoms with Crippen molar-refractivity contribution in [1.82, 2.24) is 25.8 Å². The fourth-order valence-electron chi connectivity index (χ4n) is 4.64. The molecule has 1 aromatic carbocycles. The SMILES string of the molecule is CNC1CCN(C(=O)N[C@H](C(=O)N2CSC[C@H]2C(=O)N[C@@H](Cc2ccccc2)C(=O)C(=O)O)C(C)C)CC1.Cl. The third kappa shape index (κ3) is 8.58. The lowest BCUT2D eigenvalue weighted by Crippen LogP contribution is -2.59. The van der Waals surface area contributed by atoms with Gasteiger partial charge in [-0.15, -0.1) is 24.2 Å². The van der Waals surface area contributed by atoms with Crippen molar-refractivity contribution >= 4 is 53.8 Å². The lowest BCUT2D eigenvalue weighted by Gasteiger charge is -2.35. The number of rotatable bonds is 10. The van der Waals surface area contributed by atoms with Crippen molar-refractivity contribution < 1.29 is 29.1 Å². The Labute approximate surface area is 239 Å². The second-order valence-electron chi connectivity index (χ2n) is 9.97. The van der Waals surface area contributed by atoms with E-state index in [1.54, 1.807) is 35.2 Å². The molecule has 0 radical (unpaired) electrons. The van der Waals surface area contributed by atoms with Gasteiger partial charge in [0.05, 0.1) is 5.88 Å². The Morgan fingerprint density at radius 3 is 2.26 bits per heavy atom. The van der Waals surface area contributed by atoms with Crippen LogP contribution in [0.25, 0.3) is 0 Å². The molecule has 13 heteroatoms. The minimum absolute atomic E-state index is 0. The van der Waals surface area contributed by atoms with Crippen LogP contribution in [0.4, 0.5) is 4.79 Å². The number of likely N-dealkylation sites (tertiary alicyclic amines) is 1. The molecular weight excluding hydrogens is 546 g/mol. The molecule has 11 nitrogen and oxygen atoms in total. The van der Waals surface area contributed by atoms with Gasteiger partial charge in [0.15, 0.2) is 0 Å². The number of halogens is 1. The molecule has 2 saturated heterocycles. The average Bonchev–Trinajstić information content (AvgIpc) is 3.41. The van der Waals surface area contributed by atoms with Gasteiger partial charge in [0.1, 0.15) is 18.1 Å². The summed E-state index contributed by atoms with van der Waals surface area (Å²) in [5.74, 6) is -3.42. The summed E-state index contributed by atoms with van der Waals surface area (Å²) in [6.45, 7) is 4.83. The quantitative estimate of drug-likeness (QED) is 0.299. The van der Waals surface area contributed by atoms with Crippen molar-refractivity contribution in [1.29, 1.82) is 0 Å². The molecule has 2 fully saturated rings. The third-order valence-corrected chi connectivity index (χ3v) is 8.01. The second kappa shape index (κ2) is 15.1. The number of amides is 4. The summed E-state index contributed by atoms with van der Waals surface area (Å²) in [4.78, 5) is 66.6. The number of urea groups is 1. The first-order chi connectivity index (χ1) is 18.1. The van der Waals surface area contributed by atoms with E-state index in [4.69, 9.17) is 0 Å². The van der Waals surface area contributed by atoms with E-state index in [-0.39, 0.29) is 42.6 Å². The van der Waals surface area contributed by atoms with Gasteiger partial charge in [-0.3, -0.25) is 14.4 Å². The average molecular weight is 584 g/mol. The summed E-state index contributed by atoms with van der Waals surface area (Å²) in [5, 5.41) is 17.9. The Kier molecular flexibility index (Phi) is 12.5. The van der Waals surface area contributed by atoms with Gasteiger partial charge in [-0.05, 0) is 31.4 Å². The first-order valence-electron chi connectivity index (χ1n) is 12.8. The number of thioether (sulfide) groups is 1. The second-order valence-corrected chi connectivity index (χ2v) is 11.0. The van der Waals surface area contributed by atoms with E-state index < -0.39 is 35.8 Å². The predicted octanol–water partition coefficient (Wildman–Crippen LogP) is 1.11. The van der Waals surface area contributed by atoms with Crippen LogP contribution in [0.15, 0.2) is 30.3 Å². The first kappa shape index (κ1) is 32.4. The number of hydrogen-bond acceptors (Lipinski definition) is 7. The lowest BCUT2D eigenvalue weighted by molar-refractivity contribution is -0.150. The minimum atomic E-state index is -1.64. The summed E-state index contributed by atoms with van der Waals surface area (Å²) in [5.41, 5.74) is 0.697. The van der Waals surface area contributed by atoms with Crippen LogP contribution < -0.4 is 16.0 Å². The Balaban J connectivity index is 0.00000533. The Morgan fingerprint density at radius 1 is 1.05 bits per heavy atom. The fraction of sp³-hybridized carbons (Fsp3) is 0.577. The van der Waals surface area contributed by atoms with Crippen LogP contribution in [0.5, 0.6) is 0 Å². The van der Waals surface area contributed by atoms with Gasteiger partial charge in [0, 0.05) is 31.3 Å². The smallest absolute Gasteiger partial charge is 0.374 e. The van der Waals surface area contributed by atoms with E-state index in [0.29, 0.717) is 30.4 Å². The molecule has 2 heterocycles. The van der Waals surface area contributed by atoms with Gasteiger partial charge in [-0.1, -0.05) is 44.2 Å². The van der Waals surface area contributed by atoms with Crippen molar-refractivity contribution in [3.63, 3.8) is 0 Å². The molecule has 216 valence electrons. The summed E-state index contributed by atoms with van der Waals surface area (Å²) in [6.07, 6.45) is 1.67. The number of carbonyl (C=O) groups is 5. The molecule has 1 aromatic rings. The molecule has 0 spiro atoms. The molecule has 4 amide bonds. The van der Waals surface area contributed by atoms with E-state index in [2.05, 4.69) is 16.0 Å². The Hall–Kier alpha value is -2.83. The standard InChI is InChI=1S/C26H37N5O6S.ClH/c1-16(2)21(29-26(37)30-11-9-18(27-3)10-12-30)24(34)31-15-38-14-20(31)23(33)28-19(22(32)25(35)36)13-17-7-5-4-6-8-17;/h4-8,16,18-21,27H,9-15H2,1-3H3,(H,28,33)(H,29,37)(H,35,36);1H/t19-,20-,21-;/m0./s1. The molecule has 0 saturated carbocycles. The normalized spacial score (nSPS) is 19.1. The molecular formula is C26H38ClN5O6S. The molecule has 0 unspecified atom stereocenters. The Bertz CT molecular complexity index is 1020. The van der Waals surface area contributed by atoms with E-state index in [9.17, 15) is 29.1 Å². The number of carboxylic acids is 1. The monoisotopic (exact) mass is 583 g/mol. The number of carbonyl (C=O) groups excluding carboxylic acids is 4. The van der Waals surface area contributed by atoms with E-state index in [1.165, 1.54) is 16.7 Å². The number of benzene rings is 1. The highest BCUT2D eigenvalue weighted by Crippen LogP contribution is 2.24. The topological polar surface area (TPSA) is 148 Å². The van der Waals surface area contributed by atoms with Gasteiger partial charge in [-0.2, -0.15) is 0 Å². The molecule has 2 aliphatic rings. The largest absolute Gasteiger partial charge is 0.475 e. The molecule has 0 bridgehead atoms. The molecule has 0 aromatic heterocycles. The van der Waals surface area contributed by atoms with E-state index in [0.717, 1.165) is 12.8 Å². The Morgan fingerprint density at radius 2 is 1.69 bits per heavy atom. The van der Waals surface area contributed by atoms with Crippen LogP contribution in [-0.4, -0.2) is 100 Å². The molecule has 3 atom stereocenters. The van der Waals surface area contributed by atoms with Crippen molar-refractivity contribution in [3.05, 3.63) is 35.9 Å². The zero-order valence-electron chi connectivity index (χ0n) is 22.4. The minimum Gasteiger partial charge on any atom is -0.475 e. The third-order valence-electron chi connectivity index (χ3n) is 7.00. The van der Waals surface area contributed by atoms with E-state index >= 15 is 0 Å². The van der Waals surface area contributed by atoms with Crippen molar-refractivity contribution in [3.8, 4) is 0 Å². The molecule has 2 aliphatic heterocycles. The number of piperidine rings is 1. The highest BCUT2D eigenvalue weighted by atomic mass is 35.5. The zero-order chi connectivity index (χ0) is 27.8. The van der Waals surface area contributed by atoms with Crippen LogP contribution in [-0.2, 0) is 25.6 Å².